The van der Waals surface area contributed by atoms with Gasteiger partial charge in [-0.3, -0.25) is 9.56 Å². The number of nitrogens with zero attached hydrogens (tertiary/aromatic N) is 1. The zero-order valence-corrected chi connectivity index (χ0v) is 15.1. The summed E-state index contributed by atoms with van der Waals surface area (Å²) in [5.41, 5.74) is 4.31. The van der Waals surface area contributed by atoms with E-state index in [2.05, 4.69) is 37.0 Å². The van der Waals surface area contributed by atoms with E-state index in [4.69, 9.17) is 9.05 Å². The second-order valence-corrected chi connectivity index (χ2v) is 8.16. The van der Waals surface area contributed by atoms with Gasteiger partial charge in [0.1, 0.15) is 0 Å². The number of hydrogen-bond donors (Lipinski definition) is 0. The van der Waals surface area contributed by atoms with E-state index in [0.29, 0.717) is 25.8 Å². The second kappa shape index (κ2) is 6.66. The summed E-state index contributed by atoms with van der Waals surface area (Å²) in [6.45, 7) is 10.8. The summed E-state index contributed by atoms with van der Waals surface area (Å²) < 4.78 is 23.5. The van der Waals surface area contributed by atoms with Crippen molar-refractivity contribution >= 4 is 19.0 Å². The standard InChI is InChI=1S/C17H26NO3P/c1-6-20-22(19,21-7-2)11-10-17(5)14(4)18-16-9-8-13(3)12-15(16)17/h8-9,12H,6-7,10-11H2,1-5H3. The lowest BCUT2D eigenvalue weighted by Crippen LogP contribution is -2.29. The molecule has 1 heterocycles. The first-order chi connectivity index (χ1) is 10.3. The highest BCUT2D eigenvalue weighted by Gasteiger charge is 2.39. The van der Waals surface area contributed by atoms with Crippen molar-refractivity contribution in [3.05, 3.63) is 29.3 Å². The van der Waals surface area contributed by atoms with Gasteiger partial charge in [-0.1, -0.05) is 24.6 Å². The van der Waals surface area contributed by atoms with Crippen molar-refractivity contribution in [2.24, 2.45) is 4.99 Å². The minimum atomic E-state index is -3.02. The average molecular weight is 323 g/mol. The molecule has 122 valence electrons. The third kappa shape index (κ3) is 3.34. The lowest BCUT2D eigenvalue weighted by molar-refractivity contribution is 0.218. The molecule has 0 saturated heterocycles. The Bertz CT molecular complexity index is 616. The van der Waals surface area contributed by atoms with E-state index in [-0.39, 0.29) is 5.41 Å². The van der Waals surface area contributed by atoms with Crippen LogP contribution in [0.25, 0.3) is 0 Å². The Hall–Kier alpha value is -0.960. The number of benzene rings is 1. The van der Waals surface area contributed by atoms with Crippen LogP contribution in [-0.4, -0.2) is 25.1 Å². The van der Waals surface area contributed by atoms with E-state index in [1.807, 2.05) is 20.8 Å². The molecule has 22 heavy (non-hydrogen) atoms. The summed E-state index contributed by atoms with van der Waals surface area (Å²) in [5.74, 6) is 0. The Balaban J connectivity index is 2.24. The van der Waals surface area contributed by atoms with E-state index in [0.717, 1.165) is 11.4 Å². The first-order valence-corrected chi connectivity index (χ1v) is 9.62. The molecule has 0 bridgehead atoms. The maximum Gasteiger partial charge on any atom is 0.330 e. The molecular formula is C17H26NO3P. The Kier molecular flexibility index (Phi) is 5.26. The molecule has 0 N–H and O–H groups in total. The Morgan fingerprint density at radius 3 is 2.41 bits per heavy atom. The molecule has 0 aliphatic carbocycles. The Morgan fingerprint density at radius 2 is 1.82 bits per heavy atom. The van der Waals surface area contributed by atoms with Gasteiger partial charge in [-0.2, -0.15) is 0 Å². The van der Waals surface area contributed by atoms with Crippen LogP contribution < -0.4 is 0 Å². The smallest absolute Gasteiger partial charge is 0.309 e. The fraction of sp³-hybridized carbons (Fsp3) is 0.588. The third-order valence-corrected chi connectivity index (χ3v) is 6.44. The minimum absolute atomic E-state index is 0.203. The van der Waals surface area contributed by atoms with Gasteiger partial charge in [-0.15, -0.1) is 0 Å². The van der Waals surface area contributed by atoms with Crippen molar-refractivity contribution in [1.29, 1.82) is 0 Å². The maximum atomic E-state index is 12.7. The molecule has 1 aliphatic rings. The number of fused-ring (bicyclic) bond motifs is 1. The molecule has 0 radical (unpaired) electrons. The number of aliphatic imine (C=N–C) groups is 1. The predicted molar refractivity (Wildman–Crippen MR) is 91.6 cm³/mol. The van der Waals surface area contributed by atoms with E-state index >= 15 is 0 Å². The van der Waals surface area contributed by atoms with Crippen LogP contribution in [0, 0.1) is 6.92 Å². The Morgan fingerprint density at radius 1 is 1.18 bits per heavy atom. The first-order valence-electron chi connectivity index (χ1n) is 7.89. The average Bonchev–Trinajstić information content (AvgIpc) is 2.70. The molecule has 1 atom stereocenters. The van der Waals surface area contributed by atoms with E-state index in [9.17, 15) is 4.57 Å². The zero-order valence-electron chi connectivity index (χ0n) is 14.2. The molecule has 0 fully saturated rings. The third-order valence-electron chi connectivity index (χ3n) is 4.37. The van der Waals surface area contributed by atoms with Crippen LogP contribution in [0.2, 0.25) is 0 Å². The molecule has 5 heteroatoms. The van der Waals surface area contributed by atoms with Crippen molar-refractivity contribution in [3.63, 3.8) is 0 Å². The van der Waals surface area contributed by atoms with Gasteiger partial charge in [0, 0.05) is 11.1 Å². The normalized spacial score (nSPS) is 20.9. The highest BCUT2D eigenvalue weighted by atomic mass is 31.2. The fourth-order valence-electron chi connectivity index (χ4n) is 2.92. The van der Waals surface area contributed by atoms with Gasteiger partial charge in [0.05, 0.1) is 25.1 Å². The van der Waals surface area contributed by atoms with Gasteiger partial charge < -0.3 is 9.05 Å². The lowest BCUT2D eigenvalue weighted by atomic mass is 9.77. The highest BCUT2D eigenvalue weighted by molar-refractivity contribution is 7.53. The van der Waals surface area contributed by atoms with E-state index < -0.39 is 7.60 Å². The van der Waals surface area contributed by atoms with Gasteiger partial charge >= 0.3 is 7.60 Å². The van der Waals surface area contributed by atoms with Crippen molar-refractivity contribution in [1.82, 2.24) is 0 Å². The fourth-order valence-corrected chi connectivity index (χ4v) is 4.76. The monoisotopic (exact) mass is 323 g/mol. The molecule has 0 saturated carbocycles. The predicted octanol–water partition coefficient (Wildman–Crippen LogP) is 5.01. The molecule has 1 unspecified atom stereocenters. The van der Waals surface area contributed by atoms with Gasteiger partial charge in [0.15, 0.2) is 0 Å². The lowest BCUT2D eigenvalue weighted by Gasteiger charge is -2.28. The zero-order chi connectivity index (χ0) is 16.4. The van der Waals surface area contributed by atoms with E-state index in [1.165, 1.54) is 11.1 Å². The molecule has 4 nitrogen and oxygen atoms in total. The molecule has 0 aromatic heterocycles. The van der Waals surface area contributed by atoms with Gasteiger partial charge in [0.25, 0.3) is 0 Å². The van der Waals surface area contributed by atoms with Crippen LogP contribution in [0.5, 0.6) is 0 Å². The van der Waals surface area contributed by atoms with Crippen LogP contribution in [0.3, 0.4) is 0 Å². The van der Waals surface area contributed by atoms with Gasteiger partial charge in [0.2, 0.25) is 0 Å². The molecule has 1 aromatic rings. The summed E-state index contributed by atoms with van der Waals surface area (Å²) in [4.78, 5) is 4.68. The van der Waals surface area contributed by atoms with Crippen molar-refractivity contribution in [3.8, 4) is 0 Å². The number of aryl methyl sites for hydroxylation is 1. The number of hydrogen-bond acceptors (Lipinski definition) is 4. The summed E-state index contributed by atoms with van der Waals surface area (Å²) >= 11 is 0. The highest BCUT2D eigenvalue weighted by Crippen LogP contribution is 2.52. The molecule has 1 aromatic carbocycles. The van der Waals surface area contributed by atoms with Crippen LogP contribution in [0.1, 0.15) is 45.2 Å². The first kappa shape index (κ1) is 17.4. The van der Waals surface area contributed by atoms with Crippen LogP contribution in [0.4, 0.5) is 5.69 Å². The summed E-state index contributed by atoms with van der Waals surface area (Å²) in [7, 11) is -3.02. The largest absolute Gasteiger partial charge is 0.330 e. The summed E-state index contributed by atoms with van der Waals surface area (Å²) in [5, 5.41) is 0. The minimum Gasteiger partial charge on any atom is -0.309 e. The van der Waals surface area contributed by atoms with Gasteiger partial charge in [-0.05, 0) is 45.7 Å². The van der Waals surface area contributed by atoms with Gasteiger partial charge in [-0.25, -0.2) is 0 Å². The summed E-state index contributed by atoms with van der Waals surface area (Å²) in [6.07, 6.45) is 1.11. The van der Waals surface area contributed by atoms with Crippen LogP contribution in [-0.2, 0) is 19.0 Å². The van der Waals surface area contributed by atoms with E-state index in [1.54, 1.807) is 0 Å². The van der Waals surface area contributed by atoms with Crippen LogP contribution >= 0.6 is 7.60 Å². The number of rotatable bonds is 7. The molecular weight excluding hydrogens is 297 g/mol. The quantitative estimate of drug-likeness (QED) is 0.662. The SMILES string of the molecule is CCOP(=O)(CCC1(C)C(C)=Nc2ccc(C)cc21)OCC. The molecule has 2 rings (SSSR count). The topological polar surface area (TPSA) is 47.9 Å². The molecule has 0 spiro atoms. The molecule has 1 aliphatic heterocycles. The van der Waals surface area contributed by atoms with Crippen molar-refractivity contribution in [2.75, 3.05) is 19.4 Å². The van der Waals surface area contributed by atoms with Crippen molar-refractivity contribution in [2.45, 2.75) is 46.5 Å². The maximum absolute atomic E-state index is 12.7. The van der Waals surface area contributed by atoms with Crippen LogP contribution in [0.15, 0.2) is 23.2 Å². The molecule has 0 amide bonds. The second-order valence-electron chi connectivity index (χ2n) is 5.97. The van der Waals surface area contributed by atoms with Crippen molar-refractivity contribution < 1.29 is 13.6 Å². The Labute approximate surface area is 133 Å². The summed E-state index contributed by atoms with van der Waals surface area (Å²) in [6, 6.07) is 6.32.